The van der Waals surface area contributed by atoms with Gasteiger partial charge in [-0.25, -0.2) is 12.8 Å². The summed E-state index contributed by atoms with van der Waals surface area (Å²) < 4.78 is 86.7. The molecule has 2 unspecified atom stereocenters. The Hall–Kier alpha value is -0.480. The zero-order chi connectivity index (χ0) is 11.1. The van der Waals surface area contributed by atoms with Gasteiger partial charge in [0.05, 0.1) is 0 Å². The summed E-state index contributed by atoms with van der Waals surface area (Å²) >= 11 is 0. The highest BCUT2D eigenvalue weighted by Crippen LogP contribution is 2.37. The zero-order valence-corrected chi connectivity index (χ0v) is 6.36. The average Bonchev–Trinajstić information content (AvgIpc) is 1.81. The number of aliphatic hydroxyl groups is 1. The molecule has 13 heavy (non-hydrogen) atoms. The minimum Gasteiger partial charge on any atom is -0.746 e. The topological polar surface area (TPSA) is 77.4 Å². The van der Waals surface area contributed by atoms with E-state index in [0.717, 1.165) is 0 Å². The van der Waals surface area contributed by atoms with Crippen molar-refractivity contribution in [3.63, 3.8) is 0 Å². The summed E-state index contributed by atoms with van der Waals surface area (Å²) in [5.41, 5.74) is -4.60. The summed E-state index contributed by atoms with van der Waals surface area (Å²) in [6.45, 7) is 0. The first-order chi connectivity index (χ1) is 5.40. The molecule has 0 bridgehead atoms. The molecule has 10 heteroatoms. The summed E-state index contributed by atoms with van der Waals surface area (Å²) in [5.74, 6) is -5.69. The van der Waals surface area contributed by atoms with Gasteiger partial charge in [-0.1, -0.05) is 0 Å². The van der Waals surface area contributed by atoms with Crippen LogP contribution >= 0.6 is 0 Å². The second kappa shape index (κ2) is 3.03. The molecule has 80 valence electrons. The van der Waals surface area contributed by atoms with Crippen LogP contribution in [-0.2, 0) is 10.1 Å². The van der Waals surface area contributed by atoms with Crippen molar-refractivity contribution in [1.82, 2.24) is 0 Å². The summed E-state index contributed by atoms with van der Waals surface area (Å²) in [4.78, 5) is 0. The van der Waals surface area contributed by atoms with Gasteiger partial charge < -0.3 is 9.66 Å². The van der Waals surface area contributed by atoms with E-state index in [9.17, 15) is 34.9 Å². The fourth-order valence-electron chi connectivity index (χ4n) is 0.320. The average molecular weight is 229 g/mol. The molecular weight excluding hydrogens is 227 g/mol. The van der Waals surface area contributed by atoms with Gasteiger partial charge in [-0.2, -0.15) is 17.6 Å². The molecular formula is C3H2F5O4S-. The molecule has 2 atom stereocenters. The maximum atomic E-state index is 12.0. The van der Waals surface area contributed by atoms with Gasteiger partial charge in [-0.3, -0.25) is 0 Å². The quantitative estimate of drug-likeness (QED) is 0.536. The van der Waals surface area contributed by atoms with E-state index in [4.69, 9.17) is 5.11 Å². The molecule has 0 radical (unpaired) electrons. The number of hydrogen-bond acceptors (Lipinski definition) is 4. The third kappa shape index (κ3) is 2.48. The van der Waals surface area contributed by atoms with Gasteiger partial charge in [0.1, 0.15) is 10.1 Å². The van der Waals surface area contributed by atoms with E-state index in [-0.39, 0.29) is 0 Å². The number of halogens is 5. The Bertz CT molecular complexity index is 279. The maximum absolute atomic E-state index is 12.0. The lowest BCUT2D eigenvalue weighted by molar-refractivity contribution is -0.325. The first-order valence-corrected chi connectivity index (χ1v) is 3.94. The molecule has 0 aromatic heterocycles. The monoisotopic (exact) mass is 229 g/mol. The summed E-state index contributed by atoms with van der Waals surface area (Å²) in [7, 11) is -6.21. The van der Waals surface area contributed by atoms with Crippen molar-refractivity contribution in [3.8, 4) is 0 Å². The van der Waals surface area contributed by atoms with Crippen LogP contribution in [0.2, 0.25) is 0 Å². The summed E-state index contributed by atoms with van der Waals surface area (Å²) in [6, 6.07) is 0. The molecule has 0 spiro atoms. The van der Waals surface area contributed by atoms with E-state index in [1.165, 1.54) is 0 Å². The van der Waals surface area contributed by atoms with Crippen LogP contribution < -0.4 is 0 Å². The van der Waals surface area contributed by atoms with Gasteiger partial charge in [0.15, 0.2) is 0 Å². The largest absolute Gasteiger partial charge is 0.746 e. The number of hydrogen-bond donors (Lipinski definition) is 1. The molecule has 0 amide bonds. The molecule has 0 aliphatic rings. The summed E-state index contributed by atoms with van der Waals surface area (Å²) in [5, 5.41) is 7.71. The van der Waals surface area contributed by atoms with Crippen molar-refractivity contribution in [2.75, 3.05) is 0 Å². The van der Waals surface area contributed by atoms with E-state index in [0.29, 0.717) is 0 Å². The van der Waals surface area contributed by atoms with Gasteiger partial charge >= 0.3 is 12.0 Å². The highest BCUT2D eigenvalue weighted by molar-refractivity contribution is 7.86. The van der Waals surface area contributed by atoms with Crippen molar-refractivity contribution in [2.24, 2.45) is 0 Å². The Morgan fingerprint density at radius 3 is 1.62 bits per heavy atom. The normalized spacial score (nSPS) is 20.8. The lowest BCUT2D eigenvalue weighted by Crippen LogP contribution is -2.51. The van der Waals surface area contributed by atoms with Crippen LogP contribution in [0.1, 0.15) is 0 Å². The standard InChI is InChI=1S/C3H3F5O4S/c4-1(13(10,11)12)2(5,9)3(6,7)8/h1,9H,(H,10,11,12)/p-1. The molecule has 0 saturated carbocycles. The van der Waals surface area contributed by atoms with Gasteiger partial charge in [-0.05, 0) is 0 Å². The van der Waals surface area contributed by atoms with Crippen LogP contribution in [0.25, 0.3) is 0 Å². The van der Waals surface area contributed by atoms with E-state index < -0.39 is 27.7 Å². The SMILES string of the molecule is O=S(=O)([O-])C(F)C(O)(F)C(F)(F)F. The van der Waals surface area contributed by atoms with Gasteiger partial charge in [0.2, 0.25) is 0 Å². The highest BCUT2D eigenvalue weighted by Gasteiger charge is 2.63. The van der Waals surface area contributed by atoms with E-state index in [2.05, 4.69) is 0 Å². The fourth-order valence-corrected chi connectivity index (χ4v) is 0.836. The Labute approximate surface area is 68.7 Å². The van der Waals surface area contributed by atoms with Crippen LogP contribution in [0.5, 0.6) is 0 Å². The van der Waals surface area contributed by atoms with Gasteiger partial charge in [0.25, 0.3) is 5.50 Å². The molecule has 0 heterocycles. The highest BCUT2D eigenvalue weighted by atomic mass is 32.2. The molecule has 0 saturated heterocycles. The molecule has 4 nitrogen and oxygen atoms in total. The van der Waals surface area contributed by atoms with E-state index in [1.54, 1.807) is 0 Å². The van der Waals surface area contributed by atoms with Crippen LogP contribution in [0, 0.1) is 0 Å². The second-order valence-corrected chi connectivity index (χ2v) is 3.38. The van der Waals surface area contributed by atoms with Crippen molar-refractivity contribution in [1.29, 1.82) is 0 Å². The van der Waals surface area contributed by atoms with E-state index in [1.807, 2.05) is 0 Å². The Morgan fingerprint density at radius 2 is 1.54 bits per heavy atom. The molecule has 0 fully saturated rings. The predicted octanol–water partition coefficient (Wildman–Crippen LogP) is 0.0476. The third-order valence-electron chi connectivity index (χ3n) is 0.952. The first kappa shape index (κ1) is 12.5. The third-order valence-corrected chi connectivity index (χ3v) is 1.77. The lowest BCUT2D eigenvalue weighted by atomic mass is 10.3. The lowest BCUT2D eigenvalue weighted by Gasteiger charge is -2.26. The van der Waals surface area contributed by atoms with Crippen molar-refractivity contribution in [3.05, 3.63) is 0 Å². The smallest absolute Gasteiger partial charge is 0.452 e. The minimum atomic E-state index is -6.21. The molecule has 1 N–H and O–H groups in total. The molecule has 0 rings (SSSR count). The van der Waals surface area contributed by atoms with Crippen LogP contribution in [-0.4, -0.2) is 35.6 Å². The predicted molar refractivity (Wildman–Crippen MR) is 26.7 cm³/mol. The zero-order valence-electron chi connectivity index (χ0n) is 5.55. The maximum Gasteiger partial charge on any atom is 0.452 e. The van der Waals surface area contributed by atoms with Crippen molar-refractivity contribution in [2.45, 2.75) is 17.5 Å². The molecule has 0 aliphatic heterocycles. The van der Waals surface area contributed by atoms with Crippen molar-refractivity contribution < 1.29 is 40.0 Å². The number of rotatable bonds is 2. The minimum absolute atomic E-state index is 4.60. The first-order valence-electron chi connectivity index (χ1n) is 2.47. The molecule has 0 aromatic carbocycles. The Kier molecular flexibility index (Phi) is 2.92. The Balaban J connectivity index is 5.09. The van der Waals surface area contributed by atoms with Crippen LogP contribution in [0.4, 0.5) is 22.0 Å². The molecule has 0 aliphatic carbocycles. The van der Waals surface area contributed by atoms with Crippen LogP contribution in [0.3, 0.4) is 0 Å². The van der Waals surface area contributed by atoms with Gasteiger partial charge in [-0.15, -0.1) is 0 Å². The van der Waals surface area contributed by atoms with Crippen LogP contribution in [0.15, 0.2) is 0 Å². The van der Waals surface area contributed by atoms with Crippen molar-refractivity contribution >= 4 is 10.1 Å². The summed E-state index contributed by atoms with van der Waals surface area (Å²) in [6.07, 6.45) is -6.19. The second-order valence-electron chi connectivity index (χ2n) is 1.98. The Morgan fingerprint density at radius 1 is 1.23 bits per heavy atom. The van der Waals surface area contributed by atoms with E-state index >= 15 is 0 Å². The fraction of sp³-hybridized carbons (Fsp3) is 1.00. The van der Waals surface area contributed by atoms with Gasteiger partial charge in [0, 0.05) is 0 Å². The molecule has 0 aromatic rings. The number of alkyl halides is 5.